The highest BCUT2D eigenvalue weighted by molar-refractivity contribution is 6.00. The average Bonchev–Trinajstić information content (AvgIpc) is 3.03. The number of hydrogen-bond acceptors (Lipinski definition) is 5. The van der Waals surface area contributed by atoms with Crippen molar-refractivity contribution in [2.75, 3.05) is 6.61 Å². The fourth-order valence-electron chi connectivity index (χ4n) is 3.98. The van der Waals surface area contributed by atoms with Gasteiger partial charge in [-0.3, -0.25) is 4.79 Å². The molecule has 0 bridgehead atoms. The van der Waals surface area contributed by atoms with Gasteiger partial charge in [0.15, 0.2) is 0 Å². The van der Waals surface area contributed by atoms with Crippen molar-refractivity contribution in [2.45, 2.75) is 71.1 Å². The van der Waals surface area contributed by atoms with Crippen molar-refractivity contribution in [2.24, 2.45) is 0 Å². The van der Waals surface area contributed by atoms with Crippen LogP contribution in [0.25, 0.3) is 0 Å². The minimum Gasteiger partial charge on any atom is -0.508 e. The van der Waals surface area contributed by atoms with E-state index in [0.717, 1.165) is 24.0 Å². The van der Waals surface area contributed by atoms with Gasteiger partial charge in [-0.2, -0.15) is 0 Å². The number of phenols is 1. The molecule has 158 valence electrons. The van der Waals surface area contributed by atoms with Crippen molar-refractivity contribution >= 4 is 5.91 Å². The smallest absolute Gasteiger partial charge is 0.252 e. The van der Waals surface area contributed by atoms with E-state index in [1.807, 2.05) is 13.0 Å². The first-order valence-corrected chi connectivity index (χ1v) is 10.2. The molecule has 1 aromatic rings. The minimum atomic E-state index is -0.836. The number of aromatic hydroxyl groups is 1. The Hall–Kier alpha value is -2.31. The summed E-state index contributed by atoms with van der Waals surface area (Å²) in [6, 6.07) is 1.46. The lowest BCUT2D eigenvalue weighted by molar-refractivity contribution is -0.0598. The van der Waals surface area contributed by atoms with Gasteiger partial charge in [-0.05, 0) is 58.1 Å². The van der Waals surface area contributed by atoms with Crippen LogP contribution in [0.5, 0.6) is 11.5 Å². The van der Waals surface area contributed by atoms with E-state index in [0.29, 0.717) is 36.3 Å². The summed E-state index contributed by atoms with van der Waals surface area (Å²) < 4.78 is 6.23. The first-order valence-electron chi connectivity index (χ1n) is 10.2. The van der Waals surface area contributed by atoms with Crippen LogP contribution in [0.1, 0.15) is 67.9 Å². The summed E-state index contributed by atoms with van der Waals surface area (Å²) in [6.45, 7) is 6.36. The number of aliphatic hydroxyl groups excluding tert-OH is 2. The molecular weight excluding hydrogens is 370 g/mol. The third-order valence-corrected chi connectivity index (χ3v) is 5.87. The van der Waals surface area contributed by atoms with Crippen molar-refractivity contribution < 1.29 is 24.9 Å². The summed E-state index contributed by atoms with van der Waals surface area (Å²) in [7, 11) is 0. The van der Waals surface area contributed by atoms with E-state index in [4.69, 9.17) is 4.74 Å². The van der Waals surface area contributed by atoms with E-state index in [1.54, 1.807) is 0 Å². The minimum absolute atomic E-state index is 0.0152. The summed E-state index contributed by atoms with van der Waals surface area (Å²) >= 11 is 0. The summed E-state index contributed by atoms with van der Waals surface area (Å²) in [6.07, 6.45) is 6.59. The van der Waals surface area contributed by atoms with Crippen LogP contribution in [0.4, 0.5) is 0 Å². The Morgan fingerprint density at radius 1 is 1.31 bits per heavy atom. The molecule has 0 saturated heterocycles. The van der Waals surface area contributed by atoms with Gasteiger partial charge in [0, 0.05) is 24.1 Å². The van der Waals surface area contributed by atoms with E-state index in [-0.39, 0.29) is 24.7 Å². The predicted octanol–water partition coefficient (Wildman–Crippen LogP) is 3.14. The highest BCUT2D eigenvalue weighted by Gasteiger charge is 2.43. The maximum absolute atomic E-state index is 12.0. The van der Waals surface area contributed by atoms with E-state index in [1.165, 1.54) is 11.6 Å². The number of rotatable bonds is 7. The van der Waals surface area contributed by atoms with Gasteiger partial charge >= 0.3 is 0 Å². The molecule has 0 aromatic heterocycles. The van der Waals surface area contributed by atoms with E-state index in [9.17, 15) is 20.1 Å². The number of nitrogens with one attached hydrogen (secondary N) is 1. The number of fused-ring (bicyclic) bond motifs is 3. The van der Waals surface area contributed by atoms with Gasteiger partial charge in [-0.25, -0.2) is 0 Å². The second kappa shape index (κ2) is 8.59. The molecule has 29 heavy (non-hydrogen) atoms. The van der Waals surface area contributed by atoms with E-state index in [2.05, 4.69) is 25.2 Å². The standard InChI is InChI=1S/C23H31NO5/c1-14(2)6-4-7-15(13-25)8-5-9-23(3)20(27)11-17-19(26)10-16-18(21(17)29-23)12-24-22(16)28/h6,8,10,20,25-27H,4-5,7,9,11-13H2,1-3H3,(H,24,28)/t20-,23-/m0/s1. The van der Waals surface area contributed by atoms with Crippen LogP contribution >= 0.6 is 0 Å². The first-order chi connectivity index (χ1) is 13.7. The fourth-order valence-corrected chi connectivity index (χ4v) is 3.98. The topological polar surface area (TPSA) is 99.0 Å². The Kier molecular flexibility index (Phi) is 6.34. The Bertz CT molecular complexity index is 853. The highest BCUT2D eigenvalue weighted by Crippen LogP contribution is 2.44. The number of amides is 1. The molecule has 3 rings (SSSR count). The SMILES string of the molecule is CC(C)=CCCC(=CCC[C@]1(C)Oc2c(c(O)cc3c2CNC3=O)C[C@@H]1O)CO. The van der Waals surface area contributed by atoms with Gasteiger partial charge in [0.05, 0.1) is 18.3 Å². The lowest BCUT2D eigenvalue weighted by Crippen LogP contribution is -2.49. The molecular formula is C23H31NO5. The lowest BCUT2D eigenvalue weighted by Gasteiger charge is -2.40. The summed E-state index contributed by atoms with van der Waals surface area (Å²) in [5.41, 5.74) is 3.13. The van der Waals surface area contributed by atoms with Crippen molar-refractivity contribution in [3.63, 3.8) is 0 Å². The van der Waals surface area contributed by atoms with Gasteiger partial charge in [0.2, 0.25) is 0 Å². The van der Waals surface area contributed by atoms with Crippen molar-refractivity contribution in [1.29, 1.82) is 0 Å². The second-order valence-electron chi connectivity index (χ2n) is 8.43. The highest BCUT2D eigenvalue weighted by atomic mass is 16.5. The van der Waals surface area contributed by atoms with Crippen LogP contribution in [0.3, 0.4) is 0 Å². The zero-order valence-electron chi connectivity index (χ0n) is 17.4. The van der Waals surface area contributed by atoms with Crippen molar-refractivity contribution in [3.8, 4) is 11.5 Å². The largest absolute Gasteiger partial charge is 0.508 e. The number of phenolic OH excluding ortho intramolecular Hbond substituents is 1. The van der Waals surface area contributed by atoms with Gasteiger partial charge in [-0.1, -0.05) is 17.7 Å². The third-order valence-electron chi connectivity index (χ3n) is 5.87. The molecule has 6 heteroatoms. The quantitative estimate of drug-likeness (QED) is 0.526. The van der Waals surface area contributed by atoms with Crippen LogP contribution < -0.4 is 10.1 Å². The molecule has 0 radical (unpaired) electrons. The lowest BCUT2D eigenvalue weighted by atomic mass is 9.84. The third kappa shape index (κ3) is 4.49. The molecule has 1 aromatic carbocycles. The van der Waals surface area contributed by atoms with Crippen LogP contribution in [-0.2, 0) is 13.0 Å². The normalized spacial score (nSPS) is 23.1. The van der Waals surface area contributed by atoms with Crippen LogP contribution in [0.2, 0.25) is 0 Å². The second-order valence-corrected chi connectivity index (χ2v) is 8.43. The molecule has 2 aliphatic rings. The number of ether oxygens (including phenoxy) is 1. The van der Waals surface area contributed by atoms with Crippen LogP contribution in [0.15, 0.2) is 29.4 Å². The molecule has 6 nitrogen and oxygen atoms in total. The molecule has 4 N–H and O–H groups in total. The molecule has 0 saturated carbocycles. The number of benzene rings is 1. The molecule has 2 heterocycles. The van der Waals surface area contributed by atoms with Gasteiger partial charge in [-0.15, -0.1) is 0 Å². The van der Waals surface area contributed by atoms with E-state index >= 15 is 0 Å². The molecule has 0 spiro atoms. The molecule has 2 aliphatic heterocycles. The first kappa shape index (κ1) is 21.4. The number of hydrogen-bond donors (Lipinski definition) is 4. The van der Waals surface area contributed by atoms with Crippen molar-refractivity contribution in [1.82, 2.24) is 5.32 Å². The maximum Gasteiger partial charge on any atom is 0.252 e. The Morgan fingerprint density at radius 3 is 2.76 bits per heavy atom. The maximum atomic E-state index is 12.0. The average molecular weight is 402 g/mol. The van der Waals surface area contributed by atoms with Crippen LogP contribution in [0, 0.1) is 0 Å². The number of carbonyl (C=O) groups is 1. The Balaban J connectivity index is 1.74. The molecule has 2 atom stereocenters. The number of carbonyl (C=O) groups excluding carboxylic acids is 1. The number of aliphatic hydroxyl groups is 2. The molecule has 0 aliphatic carbocycles. The van der Waals surface area contributed by atoms with Gasteiger partial charge < -0.3 is 25.4 Å². The van der Waals surface area contributed by atoms with Crippen LogP contribution in [-0.4, -0.2) is 39.5 Å². The fraction of sp³-hybridized carbons (Fsp3) is 0.522. The van der Waals surface area contributed by atoms with Gasteiger partial charge in [0.25, 0.3) is 5.91 Å². The Morgan fingerprint density at radius 2 is 2.07 bits per heavy atom. The molecule has 1 amide bonds. The summed E-state index contributed by atoms with van der Waals surface area (Å²) in [5, 5.41) is 33.4. The zero-order chi connectivity index (χ0) is 21.2. The predicted molar refractivity (Wildman–Crippen MR) is 111 cm³/mol. The summed E-state index contributed by atoms with van der Waals surface area (Å²) in [4.78, 5) is 12.0. The number of allylic oxidation sites excluding steroid dienone is 3. The monoisotopic (exact) mass is 401 g/mol. The van der Waals surface area contributed by atoms with Crippen molar-refractivity contribution in [3.05, 3.63) is 46.1 Å². The zero-order valence-corrected chi connectivity index (χ0v) is 17.4. The summed E-state index contributed by atoms with van der Waals surface area (Å²) in [5.74, 6) is 0.279. The Labute approximate surface area is 171 Å². The van der Waals surface area contributed by atoms with Gasteiger partial charge in [0.1, 0.15) is 17.1 Å². The molecule has 0 fully saturated rings. The van der Waals surface area contributed by atoms with E-state index < -0.39 is 11.7 Å². The molecule has 0 unspecified atom stereocenters.